The molecule has 1 aliphatic rings. The number of amides is 1. The normalized spacial score (nSPS) is 15.7. The second kappa shape index (κ2) is 7.50. The molecule has 2 aromatic heterocycles. The van der Waals surface area contributed by atoms with E-state index in [1.54, 1.807) is 22.9 Å². The van der Waals surface area contributed by atoms with Crippen molar-refractivity contribution >= 4 is 16.8 Å². The van der Waals surface area contributed by atoms with E-state index in [9.17, 15) is 4.79 Å². The van der Waals surface area contributed by atoms with Gasteiger partial charge in [-0.3, -0.25) is 14.5 Å². The largest absolute Gasteiger partial charge is 0.492 e. The van der Waals surface area contributed by atoms with Crippen molar-refractivity contribution in [2.45, 2.75) is 20.0 Å². The highest BCUT2D eigenvalue weighted by molar-refractivity contribution is 5.98. The molecule has 0 fully saturated rings. The van der Waals surface area contributed by atoms with E-state index >= 15 is 4.39 Å². The molecule has 0 radical (unpaired) electrons. The summed E-state index contributed by atoms with van der Waals surface area (Å²) in [7, 11) is 1.82. The Kier molecular flexibility index (Phi) is 4.11. The zero-order chi connectivity index (χ0) is 23.3. The van der Waals surface area contributed by atoms with Gasteiger partial charge in [0.25, 0.3) is 5.91 Å². The first-order valence-electron chi connectivity index (χ1n) is 11.0. The van der Waals surface area contributed by atoms with Gasteiger partial charge in [0.1, 0.15) is 17.1 Å². The van der Waals surface area contributed by atoms with Crippen LogP contribution >= 0.6 is 0 Å². The number of aryl methyl sites for hydroxylation is 1. The number of fused-ring (bicyclic) bond motifs is 2. The molecule has 1 aliphatic heterocycles. The standard InChI is InChI=1S/C24H21FN4O2/c1-3-31-22-9-8-17(19-13-28(2)27-23(19)22)15-6-7-16(20(25)11-15)12-29-14-21-18(24(29)30)5-4-10-26-21/h4-11,13H,3,12,14H2,1-2H3/i14D2. The molecule has 0 aliphatic carbocycles. The van der Waals surface area contributed by atoms with E-state index in [0.29, 0.717) is 23.4 Å². The second-order valence-electron chi connectivity index (χ2n) is 7.32. The van der Waals surface area contributed by atoms with Gasteiger partial charge in [0.15, 0.2) is 0 Å². The van der Waals surface area contributed by atoms with Crippen molar-refractivity contribution in [2.24, 2.45) is 7.05 Å². The van der Waals surface area contributed by atoms with E-state index < -0.39 is 18.2 Å². The number of aromatic nitrogens is 3. The molecule has 1 amide bonds. The second-order valence-corrected chi connectivity index (χ2v) is 7.32. The SMILES string of the molecule is [2H]C1([2H])c2ncccc2C(=O)N1Cc1ccc(-c2ccc(OCC)c3nn(C)cc23)cc1F. The van der Waals surface area contributed by atoms with Crippen molar-refractivity contribution in [3.63, 3.8) is 0 Å². The molecule has 0 atom stereocenters. The van der Waals surface area contributed by atoms with Gasteiger partial charge in [0, 0.05) is 36.9 Å². The van der Waals surface area contributed by atoms with Gasteiger partial charge in [-0.1, -0.05) is 12.1 Å². The van der Waals surface area contributed by atoms with Gasteiger partial charge in [0.05, 0.1) is 27.1 Å². The lowest BCUT2D eigenvalue weighted by atomic mass is 9.99. The maximum absolute atomic E-state index is 15.2. The molecule has 2 aromatic carbocycles. The average Bonchev–Trinajstić information content (AvgIpc) is 3.27. The number of halogens is 1. The van der Waals surface area contributed by atoms with Crippen LogP contribution in [-0.2, 0) is 20.1 Å². The summed E-state index contributed by atoms with van der Waals surface area (Å²) in [6.07, 6.45) is 3.31. The van der Waals surface area contributed by atoms with E-state index in [-0.39, 0.29) is 23.4 Å². The summed E-state index contributed by atoms with van der Waals surface area (Å²) in [4.78, 5) is 17.8. The van der Waals surface area contributed by atoms with Crippen molar-refractivity contribution < 1.29 is 16.7 Å². The van der Waals surface area contributed by atoms with Gasteiger partial charge < -0.3 is 9.64 Å². The summed E-state index contributed by atoms with van der Waals surface area (Å²) < 4.78 is 39.3. The van der Waals surface area contributed by atoms with Gasteiger partial charge in [0.2, 0.25) is 0 Å². The van der Waals surface area contributed by atoms with Crippen LogP contribution in [0, 0.1) is 5.82 Å². The third kappa shape index (κ3) is 3.32. The zero-order valence-corrected chi connectivity index (χ0v) is 17.1. The molecule has 0 unspecified atom stereocenters. The predicted octanol–water partition coefficient (Wildman–Crippen LogP) is 4.33. The van der Waals surface area contributed by atoms with Gasteiger partial charge >= 0.3 is 0 Å². The lowest BCUT2D eigenvalue weighted by molar-refractivity contribution is 0.0765. The molecule has 3 heterocycles. The number of rotatable bonds is 5. The molecule has 6 nitrogen and oxygen atoms in total. The Labute approximate surface area is 181 Å². The Morgan fingerprint density at radius 3 is 2.87 bits per heavy atom. The number of nitrogens with zero attached hydrogens (tertiary/aromatic N) is 4. The van der Waals surface area contributed by atoms with Gasteiger partial charge in [-0.25, -0.2) is 4.39 Å². The van der Waals surface area contributed by atoms with Crippen molar-refractivity contribution in [3.8, 4) is 16.9 Å². The summed E-state index contributed by atoms with van der Waals surface area (Å²) in [5.74, 6) is -0.363. The van der Waals surface area contributed by atoms with Crippen molar-refractivity contribution in [1.82, 2.24) is 19.7 Å². The highest BCUT2D eigenvalue weighted by atomic mass is 19.1. The molecule has 7 heteroatoms. The van der Waals surface area contributed by atoms with Crippen LogP contribution in [0.2, 0.25) is 0 Å². The Hall–Kier alpha value is -3.74. The average molecular weight is 418 g/mol. The Bertz CT molecular complexity index is 1400. The fourth-order valence-corrected chi connectivity index (χ4v) is 3.83. The zero-order valence-electron chi connectivity index (χ0n) is 19.1. The van der Waals surface area contributed by atoms with Crippen LogP contribution in [-0.4, -0.2) is 32.2 Å². The highest BCUT2D eigenvalue weighted by Crippen LogP contribution is 2.34. The molecule has 156 valence electrons. The third-order valence-corrected chi connectivity index (χ3v) is 5.27. The minimum Gasteiger partial charge on any atom is -0.492 e. The van der Waals surface area contributed by atoms with Crippen LogP contribution in [0.1, 0.15) is 31.3 Å². The highest BCUT2D eigenvalue weighted by Gasteiger charge is 2.28. The first-order chi connectivity index (χ1) is 15.8. The van der Waals surface area contributed by atoms with Crippen LogP contribution in [0.15, 0.2) is 54.9 Å². The summed E-state index contributed by atoms with van der Waals surface area (Å²) in [6, 6.07) is 11.6. The lowest BCUT2D eigenvalue weighted by Gasteiger charge is -2.16. The minimum atomic E-state index is -2.12. The summed E-state index contributed by atoms with van der Waals surface area (Å²) in [5.41, 5.74) is 2.63. The van der Waals surface area contributed by atoms with E-state index in [1.165, 1.54) is 18.3 Å². The number of pyridine rings is 1. The minimum absolute atomic E-state index is 0.0559. The quantitative estimate of drug-likeness (QED) is 0.484. The number of carbonyl (C=O) groups is 1. The van der Waals surface area contributed by atoms with Crippen LogP contribution < -0.4 is 4.74 Å². The van der Waals surface area contributed by atoms with E-state index in [4.69, 9.17) is 7.48 Å². The summed E-state index contributed by atoms with van der Waals surface area (Å²) in [5, 5.41) is 5.31. The Morgan fingerprint density at radius 1 is 1.23 bits per heavy atom. The summed E-state index contributed by atoms with van der Waals surface area (Å²) >= 11 is 0. The first kappa shape index (κ1) is 17.0. The fraction of sp³-hybridized carbons (Fsp3) is 0.208. The van der Waals surface area contributed by atoms with Crippen LogP contribution in [0.4, 0.5) is 4.39 Å². The van der Waals surface area contributed by atoms with Gasteiger partial charge in [-0.05, 0) is 48.4 Å². The summed E-state index contributed by atoms with van der Waals surface area (Å²) in [6.45, 7) is 0.0883. The lowest BCUT2D eigenvalue weighted by Crippen LogP contribution is -2.23. The topological polar surface area (TPSA) is 60.3 Å². The molecule has 4 aromatic rings. The maximum Gasteiger partial charge on any atom is 0.256 e. The number of benzene rings is 2. The van der Waals surface area contributed by atoms with Crippen molar-refractivity contribution in [1.29, 1.82) is 0 Å². The molecule has 0 N–H and O–H groups in total. The van der Waals surface area contributed by atoms with Crippen molar-refractivity contribution in [3.05, 3.63) is 77.5 Å². The molecular weight excluding hydrogens is 395 g/mol. The molecule has 0 spiro atoms. The van der Waals surface area contributed by atoms with E-state index in [0.717, 1.165) is 15.8 Å². The molecule has 31 heavy (non-hydrogen) atoms. The maximum atomic E-state index is 15.2. The third-order valence-electron chi connectivity index (χ3n) is 5.27. The van der Waals surface area contributed by atoms with Crippen LogP contribution in [0.25, 0.3) is 22.0 Å². The molecule has 5 rings (SSSR count). The van der Waals surface area contributed by atoms with Crippen molar-refractivity contribution in [2.75, 3.05) is 6.61 Å². The molecular formula is C24H21FN4O2. The number of carbonyl (C=O) groups excluding carboxylic acids is 1. The fourth-order valence-electron chi connectivity index (χ4n) is 3.83. The number of hydrogen-bond acceptors (Lipinski definition) is 4. The monoisotopic (exact) mass is 418 g/mol. The molecule has 0 bridgehead atoms. The van der Waals surface area contributed by atoms with Crippen LogP contribution in [0.5, 0.6) is 5.75 Å². The number of hydrogen-bond donors (Lipinski definition) is 0. The Morgan fingerprint density at radius 2 is 2.10 bits per heavy atom. The van der Waals surface area contributed by atoms with Gasteiger partial charge in [-0.15, -0.1) is 0 Å². The van der Waals surface area contributed by atoms with E-state index in [1.807, 2.05) is 32.3 Å². The molecule has 0 saturated carbocycles. The van der Waals surface area contributed by atoms with Gasteiger partial charge in [-0.2, -0.15) is 5.10 Å². The Balaban J connectivity index is 1.49. The molecule has 0 saturated heterocycles. The predicted molar refractivity (Wildman–Crippen MR) is 115 cm³/mol. The first-order valence-corrected chi connectivity index (χ1v) is 9.96. The smallest absolute Gasteiger partial charge is 0.256 e. The van der Waals surface area contributed by atoms with E-state index in [2.05, 4.69) is 10.1 Å². The number of ether oxygens (including phenoxy) is 1. The van der Waals surface area contributed by atoms with Crippen LogP contribution in [0.3, 0.4) is 0 Å².